The molecule has 0 saturated heterocycles. The average molecular weight is 293 g/mol. The summed E-state index contributed by atoms with van der Waals surface area (Å²) in [4.78, 5) is 26.1. The van der Waals surface area contributed by atoms with Crippen LogP contribution in [0, 0.1) is 5.41 Å². The van der Waals surface area contributed by atoms with Crippen molar-refractivity contribution >= 4 is 35.1 Å². The van der Waals surface area contributed by atoms with Crippen LogP contribution in [0.25, 0.3) is 23.1 Å². The maximum Gasteiger partial charge on any atom is 0.134 e. The zero-order valence-corrected chi connectivity index (χ0v) is 12.8. The lowest BCUT2D eigenvalue weighted by atomic mass is 9.86. The van der Waals surface area contributed by atoms with Gasteiger partial charge in [0.15, 0.2) is 0 Å². The lowest BCUT2D eigenvalue weighted by Crippen LogP contribution is -2.14. The largest absolute Gasteiger partial charge is 0.355 e. The van der Waals surface area contributed by atoms with Gasteiger partial charge in [-0.05, 0) is 37.1 Å². The Hall–Kier alpha value is -2.42. The first-order valence-corrected chi connectivity index (χ1v) is 7.56. The fraction of sp³-hybridized carbons (Fsp3) is 0.263. The number of nitrogens with one attached hydrogen (secondary N) is 1. The van der Waals surface area contributed by atoms with Crippen LogP contribution in [-0.4, -0.2) is 17.1 Å². The molecule has 3 nitrogen and oxygen atoms in total. The molecule has 1 aliphatic carbocycles. The second-order valence-electron chi connectivity index (χ2n) is 5.96. The fourth-order valence-corrected chi connectivity index (χ4v) is 2.92. The highest BCUT2D eigenvalue weighted by molar-refractivity contribution is 5.95. The molecular weight excluding hydrogens is 274 g/mol. The van der Waals surface area contributed by atoms with Gasteiger partial charge in [0.2, 0.25) is 0 Å². The van der Waals surface area contributed by atoms with Gasteiger partial charge in [0.25, 0.3) is 0 Å². The van der Waals surface area contributed by atoms with Crippen LogP contribution in [0.2, 0.25) is 0 Å². The van der Waals surface area contributed by atoms with Crippen LogP contribution in [0.1, 0.15) is 37.1 Å². The van der Waals surface area contributed by atoms with Crippen molar-refractivity contribution in [1.82, 2.24) is 4.98 Å². The van der Waals surface area contributed by atoms with Crippen molar-refractivity contribution < 1.29 is 9.59 Å². The molecule has 1 N–H and O–H groups in total. The van der Waals surface area contributed by atoms with Crippen molar-refractivity contribution in [3.05, 3.63) is 47.2 Å². The molecule has 0 bridgehead atoms. The molecule has 1 atom stereocenters. The number of carbonyl (C=O) groups is 2. The Labute approximate surface area is 129 Å². The van der Waals surface area contributed by atoms with Crippen molar-refractivity contribution in [2.24, 2.45) is 5.41 Å². The number of aromatic nitrogens is 1. The molecule has 1 aromatic carbocycles. The molecule has 0 fully saturated rings. The van der Waals surface area contributed by atoms with Crippen molar-refractivity contribution in [1.29, 1.82) is 0 Å². The zero-order chi connectivity index (χ0) is 15.7. The Balaban J connectivity index is 2.12. The molecule has 112 valence electrons. The molecule has 0 radical (unpaired) electrons. The molecule has 1 unspecified atom stereocenters. The van der Waals surface area contributed by atoms with E-state index >= 15 is 0 Å². The number of H-pyrrole nitrogens is 1. The summed E-state index contributed by atoms with van der Waals surface area (Å²) in [6, 6.07) is 6.05. The zero-order valence-electron chi connectivity index (χ0n) is 12.8. The lowest BCUT2D eigenvalue weighted by molar-refractivity contribution is -0.116. The fourth-order valence-electron chi connectivity index (χ4n) is 2.92. The maximum atomic E-state index is 11.4. The SMILES string of the molecule is CCC1(C=O)C=Cc2[nH]c3ccc(CC(C)=O)cc3c2C=C1. The molecular formula is C19H19NO2. The number of ketones is 1. The summed E-state index contributed by atoms with van der Waals surface area (Å²) in [5.41, 5.74) is 3.61. The Bertz CT molecular complexity index is 810. The first-order valence-electron chi connectivity index (χ1n) is 7.56. The van der Waals surface area contributed by atoms with Gasteiger partial charge >= 0.3 is 0 Å². The second-order valence-corrected chi connectivity index (χ2v) is 5.96. The maximum absolute atomic E-state index is 11.4. The highest BCUT2D eigenvalue weighted by atomic mass is 16.1. The number of rotatable bonds is 4. The minimum Gasteiger partial charge on any atom is -0.355 e. The standard InChI is InChI=1S/C19H19NO2/c1-3-19(12-21)8-6-15-16-11-14(10-13(2)22)4-5-17(16)20-18(15)7-9-19/h4-9,11-12,20H,3,10H2,1-2H3. The van der Waals surface area contributed by atoms with Gasteiger partial charge in [0.05, 0.1) is 5.41 Å². The van der Waals surface area contributed by atoms with Gasteiger partial charge in [-0.1, -0.05) is 31.2 Å². The van der Waals surface area contributed by atoms with Crippen LogP contribution in [0.3, 0.4) is 0 Å². The average Bonchev–Trinajstić information content (AvgIpc) is 2.74. The van der Waals surface area contributed by atoms with Gasteiger partial charge in [-0.15, -0.1) is 0 Å². The smallest absolute Gasteiger partial charge is 0.134 e. The minimum absolute atomic E-state index is 0.155. The summed E-state index contributed by atoms with van der Waals surface area (Å²) in [7, 11) is 0. The molecule has 0 saturated carbocycles. The Kier molecular flexibility index (Phi) is 3.57. The van der Waals surface area contributed by atoms with E-state index < -0.39 is 5.41 Å². The number of benzene rings is 1. The second kappa shape index (κ2) is 5.41. The molecule has 0 spiro atoms. The molecule has 3 heteroatoms. The number of Topliss-reactive ketones (excluding diaryl/α,β-unsaturated/α-hetero) is 1. The van der Waals surface area contributed by atoms with Crippen molar-refractivity contribution in [2.75, 3.05) is 0 Å². The van der Waals surface area contributed by atoms with E-state index in [4.69, 9.17) is 0 Å². The number of hydrogen-bond donors (Lipinski definition) is 1. The summed E-state index contributed by atoms with van der Waals surface area (Å²) in [6.07, 6.45) is 10.1. The van der Waals surface area contributed by atoms with Crippen LogP contribution in [-0.2, 0) is 16.0 Å². The number of carbonyl (C=O) groups excluding carboxylic acids is 2. The molecule has 22 heavy (non-hydrogen) atoms. The predicted molar refractivity (Wildman–Crippen MR) is 89.5 cm³/mol. The van der Waals surface area contributed by atoms with Crippen LogP contribution in [0.15, 0.2) is 30.4 Å². The van der Waals surface area contributed by atoms with Gasteiger partial charge in [0, 0.05) is 28.6 Å². The van der Waals surface area contributed by atoms with Crippen LogP contribution >= 0.6 is 0 Å². The van der Waals surface area contributed by atoms with Crippen molar-refractivity contribution in [2.45, 2.75) is 26.7 Å². The summed E-state index contributed by atoms with van der Waals surface area (Å²) < 4.78 is 0. The van der Waals surface area contributed by atoms with Gasteiger partial charge in [-0.25, -0.2) is 0 Å². The highest BCUT2D eigenvalue weighted by Crippen LogP contribution is 2.33. The predicted octanol–water partition coefficient (Wildman–Crippen LogP) is 3.93. The molecule has 0 amide bonds. The third kappa shape index (κ3) is 2.43. The molecule has 0 aliphatic heterocycles. The molecule has 2 aromatic rings. The van der Waals surface area contributed by atoms with Crippen LogP contribution in [0.4, 0.5) is 0 Å². The quantitative estimate of drug-likeness (QED) is 0.868. The monoisotopic (exact) mass is 293 g/mol. The lowest BCUT2D eigenvalue weighted by Gasteiger charge is -2.16. The topological polar surface area (TPSA) is 49.9 Å². The van der Waals surface area contributed by atoms with Gasteiger partial charge in [-0.3, -0.25) is 4.79 Å². The van der Waals surface area contributed by atoms with Crippen LogP contribution in [0.5, 0.6) is 0 Å². The van der Waals surface area contributed by atoms with Gasteiger partial charge in [0.1, 0.15) is 12.1 Å². The molecule has 1 aliphatic rings. The molecule has 1 aromatic heterocycles. The Morgan fingerprint density at radius 1 is 1.27 bits per heavy atom. The number of aromatic amines is 1. The van der Waals surface area contributed by atoms with Crippen LogP contribution < -0.4 is 0 Å². The first kappa shape index (κ1) is 14.5. The third-order valence-electron chi connectivity index (χ3n) is 4.34. The van der Waals surface area contributed by atoms with Gasteiger partial charge < -0.3 is 9.78 Å². The van der Waals surface area contributed by atoms with E-state index in [9.17, 15) is 9.59 Å². The highest BCUT2D eigenvalue weighted by Gasteiger charge is 2.23. The molecule has 1 heterocycles. The normalized spacial score (nSPS) is 19.9. The van der Waals surface area contributed by atoms with Crippen molar-refractivity contribution in [3.8, 4) is 0 Å². The van der Waals surface area contributed by atoms with E-state index in [2.05, 4.69) is 11.1 Å². The summed E-state index contributed by atoms with van der Waals surface area (Å²) in [5, 5.41) is 1.09. The summed E-state index contributed by atoms with van der Waals surface area (Å²) in [5.74, 6) is 0.155. The van der Waals surface area contributed by atoms with Crippen molar-refractivity contribution in [3.63, 3.8) is 0 Å². The van der Waals surface area contributed by atoms with Gasteiger partial charge in [-0.2, -0.15) is 0 Å². The van der Waals surface area contributed by atoms with E-state index in [-0.39, 0.29) is 5.78 Å². The first-order chi connectivity index (χ1) is 10.6. The van der Waals surface area contributed by atoms with E-state index in [1.165, 1.54) is 0 Å². The Morgan fingerprint density at radius 2 is 2.05 bits per heavy atom. The number of hydrogen-bond acceptors (Lipinski definition) is 2. The number of fused-ring (bicyclic) bond motifs is 3. The number of aldehydes is 1. The third-order valence-corrected chi connectivity index (χ3v) is 4.34. The van der Waals surface area contributed by atoms with E-state index in [1.807, 2.05) is 43.4 Å². The van der Waals surface area contributed by atoms with E-state index in [0.29, 0.717) is 6.42 Å². The summed E-state index contributed by atoms with van der Waals surface area (Å²) >= 11 is 0. The number of allylic oxidation sites excluding steroid dienone is 2. The van der Waals surface area contributed by atoms with E-state index in [1.54, 1.807) is 6.92 Å². The van der Waals surface area contributed by atoms with E-state index in [0.717, 1.165) is 40.4 Å². The summed E-state index contributed by atoms with van der Waals surface area (Å²) in [6.45, 7) is 3.61. The Morgan fingerprint density at radius 3 is 2.73 bits per heavy atom. The minimum atomic E-state index is -0.525. The molecule has 3 rings (SSSR count).